The van der Waals surface area contributed by atoms with Gasteiger partial charge < -0.3 is 4.74 Å². The van der Waals surface area contributed by atoms with Gasteiger partial charge in [-0.1, -0.05) is 75.8 Å². The molecule has 2 nitrogen and oxygen atoms in total. The third kappa shape index (κ3) is 4.33. The lowest BCUT2D eigenvalue weighted by Crippen LogP contribution is -2.61. The summed E-state index contributed by atoms with van der Waals surface area (Å²) in [7, 11) is 0. The molecule has 3 fully saturated rings. The monoisotopic (exact) mass is 383 g/mol. The predicted octanol–water partition coefficient (Wildman–Crippen LogP) is 6.73. The van der Waals surface area contributed by atoms with E-state index in [0.29, 0.717) is 11.6 Å². The van der Waals surface area contributed by atoms with E-state index in [2.05, 4.69) is 42.2 Å². The average Bonchev–Trinajstić information content (AvgIpc) is 3.10. The molecule has 1 saturated carbocycles. The van der Waals surface area contributed by atoms with Crippen molar-refractivity contribution in [2.45, 2.75) is 115 Å². The van der Waals surface area contributed by atoms with Gasteiger partial charge in [0.1, 0.15) is 0 Å². The number of nitrogens with zero attached hydrogens (tertiary/aromatic N) is 1. The zero-order valence-electron chi connectivity index (χ0n) is 18.1. The lowest BCUT2D eigenvalue weighted by atomic mass is 9.66. The molecular weight excluding hydrogens is 342 g/mol. The molecule has 0 bridgehead atoms. The Balaban J connectivity index is 1.41. The molecule has 4 rings (SSSR count). The highest BCUT2D eigenvalue weighted by molar-refractivity contribution is 5.14. The third-order valence-corrected chi connectivity index (χ3v) is 8.04. The molecule has 2 heterocycles. The fraction of sp³-hybridized carbons (Fsp3) is 0.769. The maximum Gasteiger partial charge on any atom is 0.0717 e. The van der Waals surface area contributed by atoms with Crippen LogP contribution in [0.2, 0.25) is 0 Å². The van der Waals surface area contributed by atoms with Crippen LogP contribution in [0.4, 0.5) is 0 Å². The largest absolute Gasteiger partial charge is 0.375 e. The van der Waals surface area contributed by atoms with Gasteiger partial charge in [-0.3, -0.25) is 4.90 Å². The summed E-state index contributed by atoms with van der Waals surface area (Å²) in [5.74, 6) is 0.965. The predicted molar refractivity (Wildman–Crippen MR) is 117 cm³/mol. The summed E-state index contributed by atoms with van der Waals surface area (Å²) in [4.78, 5) is 3.05. The lowest BCUT2D eigenvalue weighted by Gasteiger charge is -2.56. The van der Waals surface area contributed by atoms with Gasteiger partial charge in [0.05, 0.1) is 13.2 Å². The van der Waals surface area contributed by atoms with E-state index in [1.165, 1.54) is 89.0 Å². The highest BCUT2D eigenvalue weighted by Crippen LogP contribution is 2.54. The minimum Gasteiger partial charge on any atom is -0.375 e. The topological polar surface area (TPSA) is 12.5 Å². The molecule has 2 saturated heterocycles. The van der Waals surface area contributed by atoms with Gasteiger partial charge in [-0.2, -0.15) is 0 Å². The normalized spacial score (nSPS) is 32.8. The zero-order chi connectivity index (χ0) is 19.2. The van der Waals surface area contributed by atoms with Crippen molar-refractivity contribution in [3.63, 3.8) is 0 Å². The van der Waals surface area contributed by atoms with Gasteiger partial charge in [-0.25, -0.2) is 0 Å². The average molecular weight is 384 g/mol. The molecule has 1 aromatic carbocycles. The molecule has 4 atom stereocenters. The molecule has 2 heteroatoms. The van der Waals surface area contributed by atoms with E-state index in [0.717, 1.165) is 25.2 Å². The molecule has 0 aromatic heterocycles. The molecule has 1 aromatic rings. The van der Waals surface area contributed by atoms with Crippen molar-refractivity contribution in [3.05, 3.63) is 35.9 Å². The minimum absolute atomic E-state index is 0.534. The van der Waals surface area contributed by atoms with Gasteiger partial charge in [0.2, 0.25) is 0 Å². The van der Waals surface area contributed by atoms with Gasteiger partial charge in [-0.15, -0.1) is 0 Å². The van der Waals surface area contributed by atoms with Crippen LogP contribution in [-0.2, 0) is 11.3 Å². The molecule has 28 heavy (non-hydrogen) atoms. The first-order valence-corrected chi connectivity index (χ1v) is 12.2. The Hall–Kier alpha value is -0.860. The molecule has 3 aliphatic rings. The van der Waals surface area contributed by atoms with E-state index < -0.39 is 0 Å². The van der Waals surface area contributed by atoms with Crippen molar-refractivity contribution in [2.24, 2.45) is 5.92 Å². The molecular formula is C26H41NO. The quantitative estimate of drug-likeness (QED) is 0.438. The van der Waals surface area contributed by atoms with Crippen molar-refractivity contribution in [1.29, 1.82) is 0 Å². The van der Waals surface area contributed by atoms with Crippen molar-refractivity contribution >= 4 is 0 Å². The second kappa shape index (κ2) is 9.76. The van der Waals surface area contributed by atoms with Crippen LogP contribution in [0.25, 0.3) is 0 Å². The number of ether oxygens (including phenoxy) is 1. The first-order chi connectivity index (χ1) is 13.8. The highest BCUT2D eigenvalue weighted by atomic mass is 16.5. The fourth-order valence-electron chi connectivity index (χ4n) is 6.76. The first-order valence-electron chi connectivity index (χ1n) is 12.2. The number of piperidine rings is 1. The van der Waals surface area contributed by atoms with E-state index in [4.69, 9.17) is 4.74 Å². The van der Waals surface area contributed by atoms with Crippen LogP contribution in [-0.4, -0.2) is 29.1 Å². The van der Waals surface area contributed by atoms with Crippen LogP contribution in [0.1, 0.15) is 96.0 Å². The Labute approximate surface area is 173 Å². The third-order valence-electron chi connectivity index (χ3n) is 8.04. The van der Waals surface area contributed by atoms with Gasteiger partial charge in [0, 0.05) is 17.6 Å². The standard InChI is InChI=1S/C26H41NO/c1-2-3-4-8-14-24-16-15-23-13-9-10-18-26(23)19-17-25(27(24)26)21-28-20-22-11-6-5-7-12-22/h5-7,11-12,23-25H,2-4,8-10,13-21H2,1H3/t23-,24-,25-,26-/m0/s1. The molecule has 1 spiro atoms. The van der Waals surface area contributed by atoms with Gasteiger partial charge in [0.25, 0.3) is 0 Å². The SMILES string of the molecule is CCCCCC[C@H]1CC[C@@H]2CCCC[C@]23CC[C@@H](COCc2ccccc2)N13. The number of hydrogen-bond acceptors (Lipinski definition) is 2. The van der Waals surface area contributed by atoms with Crippen LogP contribution in [0.5, 0.6) is 0 Å². The number of hydrogen-bond donors (Lipinski definition) is 0. The van der Waals surface area contributed by atoms with Crippen molar-refractivity contribution in [3.8, 4) is 0 Å². The summed E-state index contributed by atoms with van der Waals surface area (Å²) < 4.78 is 6.28. The number of rotatable bonds is 9. The summed E-state index contributed by atoms with van der Waals surface area (Å²) in [6.07, 6.45) is 18.6. The van der Waals surface area contributed by atoms with Crippen molar-refractivity contribution < 1.29 is 4.74 Å². The minimum atomic E-state index is 0.534. The van der Waals surface area contributed by atoms with Crippen molar-refractivity contribution in [1.82, 2.24) is 4.90 Å². The molecule has 0 radical (unpaired) electrons. The van der Waals surface area contributed by atoms with Crippen LogP contribution in [0, 0.1) is 5.92 Å². The fourth-order valence-corrected chi connectivity index (χ4v) is 6.76. The summed E-state index contributed by atoms with van der Waals surface area (Å²) in [5.41, 5.74) is 1.84. The molecule has 0 amide bonds. The second-order valence-corrected chi connectivity index (χ2v) is 9.73. The number of unbranched alkanes of at least 4 members (excludes halogenated alkanes) is 3. The zero-order valence-corrected chi connectivity index (χ0v) is 18.1. The van der Waals surface area contributed by atoms with E-state index >= 15 is 0 Å². The van der Waals surface area contributed by atoms with Gasteiger partial charge >= 0.3 is 0 Å². The van der Waals surface area contributed by atoms with E-state index in [1.807, 2.05) is 0 Å². The number of benzene rings is 1. The Morgan fingerprint density at radius 3 is 2.68 bits per heavy atom. The molecule has 1 aliphatic carbocycles. The summed E-state index contributed by atoms with van der Waals surface area (Å²) in [5, 5.41) is 0. The van der Waals surface area contributed by atoms with Gasteiger partial charge in [-0.05, 0) is 56.4 Å². The summed E-state index contributed by atoms with van der Waals surface area (Å²) in [6.45, 7) is 4.01. The molecule has 2 aliphatic heterocycles. The van der Waals surface area contributed by atoms with Crippen LogP contribution in [0.15, 0.2) is 30.3 Å². The van der Waals surface area contributed by atoms with Crippen LogP contribution < -0.4 is 0 Å². The Morgan fingerprint density at radius 2 is 1.82 bits per heavy atom. The first kappa shape index (κ1) is 20.4. The Bertz CT molecular complexity index is 587. The van der Waals surface area contributed by atoms with E-state index in [9.17, 15) is 0 Å². The molecule has 156 valence electrons. The van der Waals surface area contributed by atoms with Crippen molar-refractivity contribution in [2.75, 3.05) is 6.61 Å². The summed E-state index contributed by atoms with van der Waals surface area (Å²) >= 11 is 0. The van der Waals surface area contributed by atoms with E-state index in [1.54, 1.807) is 0 Å². The molecule has 0 N–H and O–H groups in total. The van der Waals surface area contributed by atoms with E-state index in [-0.39, 0.29) is 0 Å². The molecule has 0 unspecified atom stereocenters. The van der Waals surface area contributed by atoms with Crippen LogP contribution in [0.3, 0.4) is 0 Å². The smallest absolute Gasteiger partial charge is 0.0717 e. The lowest BCUT2D eigenvalue weighted by molar-refractivity contribution is -0.0779. The Kier molecular flexibility index (Phi) is 7.12. The summed E-state index contributed by atoms with van der Waals surface area (Å²) in [6, 6.07) is 12.2. The maximum absolute atomic E-state index is 6.28. The second-order valence-electron chi connectivity index (χ2n) is 9.73. The Morgan fingerprint density at radius 1 is 0.929 bits per heavy atom. The van der Waals surface area contributed by atoms with Gasteiger partial charge in [0.15, 0.2) is 0 Å². The van der Waals surface area contributed by atoms with Crippen LogP contribution >= 0.6 is 0 Å². The highest BCUT2D eigenvalue weighted by Gasteiger charge is 2.55. The maximum atomic E-state index is 6.28.